The van der Waals surface area contributed by atoms with Crippen molar-refractivity contribution in [1.82, 2.24) is 0 Å². The molecule has 0 aliphatic rings. The Labute approximate surface area is 66.4 Å². The molecule has 0 fully saturated rings. The molecule has 3 heteroatoms. The van der Waals surface area contributed by atoms with Crippen LogP contribution in [0.3, 0.4) is 0 Å². The van der Waals surface area contributed by atoms with Crippen molar-refractivity contribution in [2.45, 2.75) is 0 Å². The molecule has 0 saturated heterocycles. The molecular weight excluding hydrogens is 156 g/mol. The second-order valence-electron chi connectivity index (χ2n) is 2.16. The third-order valence-electron chi connectivity index (χ3n) is 1.22. The van der Waals surface area contributed by atoms with E-state index >= 15 is 0 Å². The SMILES string of the molecule is [SiH3][SiH2]COc1ccccc1. The first kappa shape index (κ1) is 7.56. The summed E-state index contributed by atoms with van der Waals surface area (Å²) in [4.78, 5) is 0. The fourth-order valence-electron chi connectivity index (χ4n) is 0.737. The molecule has 0 aliphatic heterocycles. The van der Waals surface area contributed by atoms with Crippen LogP contribution in [0.15, 0.2) is 30.3 Å². The minimum absolute atomic E-state index is 0.187. The highest BCUT2D eigenvalue weighted by atomic mass is 29.1. The van der Waals surface area contributed by atoms with Gasteiger partial charge in [0.1, 0.15) is 5.75 Å². The van der Waals surface area contributed by atoms with Gasteiger partial charge in [-0.1, -0.05) is 18.2 Å². The van der Waals surface area contributed by atoms with Gasteiger partial charge in [0.05, 0.1) is 15.3 Å². The van der Waals surface area contributed by atoms with Crippen molar-refractivity contribution in [2.24, 2.45) is 0 Å². The summed E-state index contributed by atoms with van der Waals surface area (Å²) in [5.41, 5.74) is 0. The van der Waals surface area contributed by atoms with Crippen LogP contribution in [0, 0.1) is 0 Å². The minimum atomic E-state index is 0.187. The van der Waals surface area contributed by atoms with Gasteiger partial charge in [-0.15, -0.1) is 0 Å². The van der Waals surface area contributed by atoms with E-state index in [4.69, 9.17) is 4.74 Å². The molecule has 1 rings (SSSR count). The average molecular weight is 168 g/mol. The highest BCUT2D eigenvalue weighted by molar-refractivity contribution is 6.89. The third kappa shape index (κ3) is 2.37. The van der Waals surface area contributed by atoms with Gasteiger partial charge < -0.3 is 4.74 Å². The normalized spacial score (nSPS) is 10.8. The van der Waals surface area contributed by atoms with Gasteiger partial charge in [0.15, 0.2) is 0 Å². The number of hydrogen-bond acceptors (Lipinski definition) is 1. The first-order valence-electron chi connectivity index (χ1n) is 3.61. The van der Waals surface area contributed by atoms with Gasteiger partial charge in [-0.3, -0.25) is 0 Å². The van der Waals surface area contributed by atoms with Crippen LogP contribution >= 0.6 is 0 Å². The molecular formula is C7H12OSi2. The Morgan fingerprint density at radius 2 is 2.00 bits per heavy atom. The first-order chi connectivity index (χ1) is 4.93. The van der Waals surface area contributed by atoms with E-state index < -0.39 is 0 Å². The summed E-state index contributed by atoms with van der Waals surface area (Å²) < 4.78 is 5.45. The molecule has 0 N–H and O–H groups in total. The van der Waals surface area contributed by atoms with Crippen molar-refractivity contribution in [3.8, 4) is 5.75 Å². The summed E-state index contributed by atoms with van der Waals surface area (Å²) in [6.45, 7) is 0. The van der Waals surface area contributed by atoms with E-state index in [1.165, 1.54) is 9.76 Å². The van der Waals surface area contributed by atoms with Crippen molar-refractivity contribution in [2.75, 3.05) is 6.23 Å². The Morgan fingerprint density at radius 1 is 1.30 bits per heavy atom. The van der Waals surface area contributed by atoms with Crippen molar-refractivity contribution < 1.29 is 4.74 Å². The summed E-state index contributed by atoms with van der Waals surface area (Å²) >= 11 is 0. The van der Waals surface area contributed by atoms with Crippen molar-refractivity contribution in [3.63, 3.8) is 0 Å². The van der Waals surface area contributed by atoms with E-state index in [1.807, 2.05) is 30.3 Å². The van der Waals surface area contributed by atoms with Crippen LogP contribution in [0.5, 0.6) is 5.75 Å². The van der Waals surface area contributed by atoms with Gasteiger partial charge in [-0.25, -0.2) is 0 Å². The lowest BCUT2D eigenvalue weighted by molar-refractivity contribution is 0.386. The largest absolute Gasteiger partial charge is 0.498 e. The lowest BCUT2D eigenvalue weighted by atomic mass is 10.3. The van der Waals surface area contributed by atoms with Crippen LogP contribution < -0.4 is 4.74 Å². The molecule has 1 aromatic rings. The van der Waals surface area contributed by atoms with E-state index in [0.717, 1.165) is 12.0 Å². The quantitative estimate of drug-likeness (QED) is 0.552. The van der Waals surface area contributed by atoms with Gasteiger partial charge in [0, 0.05) is 0 Å². The van der Waals surface area contributed by atoms with E-state index in [9.17, 15) is 0 Å². The highest BCUT2D eigenvalue weighted by Gasteiger charge is 1.86. The van der Waals surface area contributed by atoms with Crippen LogP contribution in [0.25, 0.3) is 0 Å². The fourth-order valence-corrected chi connectivity index (χ4v) is 1.79. The topological polar surface area (TPSA) is 9.23 Å². The number of rotatable bonds is 3. The van der Waals surface area contributed by atoms with Crippen LogP contribution in [0.1, 0.15) is 0 Å². The van der Waals surface area contributed by atoms with Crippen molar-refractivity contribution in [3.05, 3.63) is 30.3 Å². The average Bonchev–Trinajstić information content (AvgIpc) is 2.03. The molecule has 10 heavy (non-hydrogen) atoms. The smallest absolute Gasteiger partial charge is 0.118 e. The molecule has 0 saturated carbocycles. The van der Waals surface area contributed by atoms with E-state index in [-0.39, 0.29) is 9.04 Å². The zero-order valence-electron chi connectivity index (χ0n) is 6.21. The number of hydrogen-bond donors (Lipinski definition) is 0. The van der Waals surface area contributed by atoms with Crippen molar-refractivity contribution >= 4 is 18.8 Å². The molecule has 0 heterocycles. The van der Waals surface area contributed by atoms with Gasteiger partial charge in [-0.05, 0) is 21.9 Å². The molecule has 0 radical (unpaired) electrons. The van der Waals surface area contributed by atoms with Crippen LogP contribution in [-0.2, 0) is 0 Å². The maximum absolute atomic E-state index is 5.45. The summed E-state index contributed by atoms with van der Waals surface area (Å²) in [6.07, 6.45) is 1.01. The molecule has 0 aromatic heterocycles. The third-order valence-corrected chi connectivity index (χ3v) is 3.05. The van der Waals surface area contributed by atoms with Gasteiger partial charge in [0.25, 0.3) is 0 Å². The van der Waals surface area contributed by atoms with Gasteiger partial charge >= 0.3 is 0 Å². The highest BCUT2D eigenvalue weighted by Crippen LogP contribution is 2.06. The van der Waals surface area contributed by atoms with E-state index in [0.29, 0.717) is 0 Å². The van der Waals surface area contributed by atoms with Crippen LogP contribution in [0.2, 0.25) is 0 Å². The summed E-state index contributed by atoms with van der Waals surface area (Å²) in [6, 6.07) is 10.0. The van der Waals surface area contributed by atoms with Gasteiger partial charge in [0.2, 0.25) is 0 Å². The molecule has 1 aromatic carbocycles. The van der Waals surface area contributed by atoms with Crippen LogP contribution in [0.4, 0.5) is 0 Å². The second kappa shape index (κ2) is 4.30. The monoisotopic (exact) mass is 168 g/mol. The molecule has 0 atom stereocenters. The second-order valence-corrected chi connectivity index (χ2v) is 6.57. The number of para-hydroxylation sites is 1. The standard InChI is InChI=1S/C7H12OSi2/c9-10-6-8-7-4-2-1-3-5-7/h1-5H,6,10H2,9H3. The predicted octanol–water partition coefficient (Wildman–Crippen LogP) is -0.528. The van der Waals surface area contributed by atoms with E-state index in [2.05, 4.69) is 0 Å². The zero-order valence-corrected chi connectivity index (χ0v) is 9.62. The molecule has 0 aliphatic carbocycles. The summed E-state index contributed by atoms with van der Waals surface area (Å²) in [5.74, 6) is 1.02. The Balaban J connectivity index is 2.43. The number of ether oxygens (including phenoxy) is 1. The van der Waals surface area contributed by atoms with Crippen LogP contribution in [-0.4, -0.2) is 25.0 Å². The molecule has 54 valence electrons. The molecule has 1 nitrogen and oxygen atoms in total. The fraction of sp³-hybridized carbons (Fsp3) is 0.143. The zero-order chi connectivity index (χ0) is 7.23. The maximum atomic E-state index is 5.45. The lowest BCUT2D eigenvalue weighted by Gasteiger charge is -2.01. The Hall–Kier alpha value is -0.546. The molecule has 0 spiro atoms. The van der Waals surface area contributed by atoms with Gasteiger partial charge in [-0.2, -0.15) is 0 Å². The predicted molar refractivity (Wildman–Crippen MR) is 50.4 cm³/mol. The lowest BCUT2D eigenvalue weighted by Crippen LogP contribution is -2.05. The Morgan fingerprint density at radius 3 is 2.60 bits per heavy atom. The Kier molecular flexibility index (Phi) is 3.25. The van der Waals surface area contributed by atoms with Crippen molar-refractivity contribution in [1.29, 1.82) is 0 Å². The molecule has 0 amide bonds. The van der Waals surface area contributed by atoms with E-state index in [1.54, 1.807) is 0 Å². The maximum Gasteiger partial charge on any atom is 0.118 e. The summed E-state index contributed by atoms with van der Waals surface area (Å²) in [7, 11) is 1.55. The Bertz CT molecular complexity index is 176. The first-order valence-corrected chi connectivity index (χ1v) is 10.3. The summed E-state index contributed by atoms with van der Waals surface area (Å²) in [5, 5.41) is 0. The number of benzene rings is 1. The molecule has 0 unspecified atom stereocenters. The minimum Gasteiger partial charge on any atom is -0.498 e. The molecule has 0 bridgehead atoms.